The fourth-order valence-corrected chi connectivity index (χ4v) is 3.76. The first-order valence-corrected chi connectivity index (χ1v) is 8.74. The Morgan fingerprint density at radius 3 is 2.95 bits per heavy atom. The van der Waals surface area contributed by atoms with Crippen LogP contribution in [-0.4, -0.2) is 42.7 Å². The van der Waals surface area contributed by atoms with Crippen LogP contribution in [0.1, 0.15) is 26.7 Å². The van der Waals surface area contributed by atoms with E-state index in [0.717, 1.165) is 42.4 Å². The van der Waals surface area contributed by atoms with E-state index < -0.39 is 0 Å². The molecule has 0 aromatic heterocycles. The monoisotopic (exact) mass is 352 g/mol. The highest BCUT2D eigenvalue weighted by Gasteiger charge is 2.47. The highest BCUT2D eigenvalue weighted by Crippen LogP contribution is 2.43. The van der Waals surface area contributed by atoms with Crippen LogP contribution in [0, 0.1) is 5.92 Å². The van der Waals surface area contributed by atoms with Crippen LogP contribution in [0.15, 0.2) is 28.7 Å². The van der Waals surface area contributed by atoms with Gasteiger partial charge in [-0.05, 0) is 50.8 Å². The first kappa shape index (κ1) is 15.3. The lowest BCUT2D eigenvalue weighted by molar-refractivity contribution is 0.0278. The second-order valence-corrected chi connectivity index (χ2v) is 7.58. The molecule has 2 fully saturated rings. The summed E-state index contributed by atoms with van der Waals surface area (Å²) in [7, 11) is 0. The van der Waals surface area contributed by atoms with Crippen molar-refractivity contribution in [2.45, 2.75) is 38.3 Å². The van der Waals surface area contributed by atoms with Gasteiger partial charge in [-0.25, -0.2) is 0 Å². The molecule has 3 rings (SSSR count). The number of nitrogens with one attached hydrogen (secondary N) is 1. The zero-order valence-corrected chi connectivity index (χ0v) is 14.5. The van der Waals surface area contributed by atoms with E-state index in [1.165, 1.54) is 12.8 Å². The Labute approximate surface area is 136 Å². The molecule has 21 heavy (non-hydrogen) atoms. The van der Waals surface area contributed by atoms with Gasteiger partial charge in [0, 0.05) is 35.7 Å². The summed E-state index contributed by atoms with van der Waals surface area (Å²) in [5.74, 6) is 1.81. The smallest absolute Gasteiger partial charge is 0.120 e. The Hall–Kier alpha value is -0.580. The first-order valence-electron chi connectivity index (χ1n) is 7.95. The lowest BCUT2D eigenvalue weighted by Gasteiger charge is -2.48. The van der Waals surface area contributed by atoms with Crippen molar-refractivity contribution in [1.29, 1.82) is 0 Å². The second-order valence-electron chi connectivity index (χ2n) is 6.67. The molecular weight excluding hydrogens is 328 g/mol. The van der Waals surface area contributed by atoms with E-state index in [-0.39, 0.29) is 0 Å². The number of benzene rings is 1. The van der Waals surface area contributed by atoms with E-state index in [4.69, 9.17) is 4.74 Å². The Morgan fingerprint density at radius 2 is 2.24 bits per heavy atom. The summed E-state index contributed by atoms with van der Waals surface area (Å²) in [6.45, 7) is 8.68. The van der Waals surface area contributed by atoms with Crippen LogP contribution in [0.2, 0.25) is 0 Å². The van der Waals surface area contributed by atoms with Gasteiger partial charge in [-0.2, -0.15) is 0 Å². The summed E-state index contributed by atoms with van der Waals surface area (Å²) >= 11 is 3.49. The van der Waals surface area contributed by atoms with Gasteiger partial charge >= 0.3 is 0 Å². The van der Waals surface area contributed by atoms with Gasteiger partial charge in [-0.1, -0.05) is 22.0 Å². The zero-order chi connectivity index (χ0) is 14.9. The standard InChI is InChI=1S/C17H25BrN2O/c1-13-11-20(17(2,12-19-13)14-6-7-14)8-9-21-16-5-3-4-15(18)10-16/h3-5,10,13-14,19H,6-9,11-12H2,1-2H3. The summed E-state index contributed by atoms with van der Waals surface area (Å²) < 4.78 is 6.99. The molecule has 2 aliphatic rings. The van der Waals surface area contributed by atoms with Crippen molar-refractivity contribution in [2.75, 3.05) is 26.2 Å². The van der Waals surface area contributed by atoms with E-state index in [1.807, 2.05) is 24.3 Å². The van der Waals surface area contributed by atoms with Crippen LogP contribution in [0.5, 0.6) is 5.75 Å². The maximum Gasteiger partial charge on any atom is 0.120 e. The van der Waals surface area contributed by atoms with E-state index in [2.05, 4.69) is 40.0 Å². The highest BCUT2D eigenvalue weighted by atomic mass is 79.9. The number of halogens is 1. The molecule has 116 valence electrons. The van der Waals surface area contributed by atoms with Crippen molar-refractivity contribution in [1.82, 2.24) is 10.2 Å². The van der Waals surface area contributed by atoms with E-state index >= 15 is 0 Å². The highest BCUT2D eigenvalue weighted by molar-refractivity contribution is 9.10. The molecule has 4 heteroatoms. The molecule has 1 saturated carbocycles. The first-order chi connectivity index (χ1) is 10.1. The molecule has 2 unspecified atom stereocenters. The van der Waals surface area contributed by atoms with Gasteiger partial charge in [0.25, 0.3) is 0 Å². The molecule has 3 nitrogen and oxygen atoms in total. The van der Waals surface area contributed by atoms with Crippen molar-refractivity contribution < 1.29 is 4.74 Å². The molecule has 0 amide bonds. The molecule has 0 bridgehead atoms. The largest absolute Gasteiger partial charge is 0.492 e. The van der Waals surface area contributed by atoms with Gasteiger partial charge in [0.2, 0.25) is 0 Å². The average molecular weight is 353 g/mol. The van der Waals surface area contributed by atoms with Crippen molar-refractivity contribution in [3.63, 3.8) is 0 Å². The molecule has 1 aliphatic carbocycles. The van der Waals surface area contributed by atoms with Gasteiger partial charge in [0.1, 0.15) is 12.4 Å². The predicted octanol–water partition coefficient (Wildman–Crippen LogP) is 3.29. The van der Waals surface area contributed by atoms with E-state index in [1.54, 1.807) is 0 Å². The van der Waals surface area contributed by atoms with Crippen LogP contribution in [0.4, 0.5) is 0 Å². The number of hydrogen-bond acceptors (Lipinski definition) is 3. The Kier molecular flexibility index (Phi) is 4.57. The fourth-order valence-electron chi connectivity index (χ4n) is 3.38. The SMILES string of the molecule is CC1CN(CCOc2cccc(Br)c2)C(C)(C2CC2)CN1. The molecule has 1 saturated heterocycles. The molecule has 1 aromatic rings. The third kappa shape index (κ3) is 3.61. The third-order valence-corrected chi connectivity index (χ3v) is 5.40. The van der Waals surface area contributed by atoms with Crippen LogP contribution in [0.25, 0.3) is 0 Å². The lowest BCUT2D eigenvalue weighted by atomic mass is 9.90. The summed E-state index contributed by atoms with van der Waals surface area (Å²) in [6.07, 6.45) is 2.77. The van der Waals surface area contributed by atoms with Crippen LogP contribution in [0.3, 0.4) is 0 Å². The normalized spacial score (nSPS) is 30.3. The minimum atomic E-state index is 0.313. The maximum absolute atomic E-state index is 5.93. The van der Waals surface area contributed by atoms with Gasteiger partial charge in [0.05, 0.1) is 0 Å². The number of piperazine rings is 1. The maximum atomic E-state index is 5.93. The summed E-state index contributed by atoms with van der Waals surface area (Å²) in [5, 5.41) is 3.65. The number of rotatable bonds is 5. The van der Waals surface area contributed by atoms with Crippen LogP contribution >= 0.6 is 15.9 Å². The molecular formula is C17H25BrN2O. The Morgan fingerprint density at radius 1 is 1.43 bits per heavy atom. The molecule has 1 heterocycles. The van der Waals surface area contributed by atoms with Gasteiger partial charge < -0.3 is 10.1 Å². The van der Waals surface area contributed by atoms with E-state index in [0.29, 0.717) is 11.6 Å². The molecule has 1 N–H and O–H groups in total. The minimum Gasteiger partial charge on any atom is -0.492 e. The van der Waals surface area contributed by atoms with E-state index in [9.17, 15) is 0 Å². The Balaban J connectivity index is 1.57. The zero-order valence-electron chi connectivity index (χ0n) is 12.9. The molecule has 0 radical (unpaired) electrons. The number of hydrogen-bond donors (Lipinski definition) is 1. The molecule has 2 atom stereocenters. The van der Waals surface area contributed by atoms with Crippen molar-refractivity contribution >= 4 is 15.9 Å². The van der Waals surface area contributed by atoms with Crippen LogP contribution in [-0.2, 0) is 0 Å². The predicted molar refractivity (Wildman–Crippen MR) is 89.8 cm³/mol. The molecule has 0 spiro atoms. The van der Waals surface area contributed by atoms with Gasteiger partial charge in [-0.15, -0.1) is 0 Å². The summed E-state index contributed by atoms with van der Waals surface area (Å²) in [5.41, 5.74) is 0.313. The Bertz CT molecular complexity index is 491. The molecule has 1 aliphatic heterocycles. The number of ether oxygens (including phenoxy) is 1. The summed E-state index contributed by atoms with van der Waals surface area (Å²) in [4.78, 5) is 2.64. The van der Waals surface area contributed by atoms with Crippen molar-refractivity contribution in [3.8, 4) is 5.75 Å². The van der Waals surface area contributed by atoms with Crippen molar-refractivity contribution in [3.05, 3.63) is 28.7 Å². The topological polar surface area (TPSA) is 24.5 Å². The third-order valence-electron chi connectivity index (χ3n) is 4.91. The number of nitrogens with zero attached hydrogens (tertiary/aromatic N) is 1. The summed E-state index contributed by atoms with van der Waals surface area (Å²) in [6, 6.07) is 8.66. The minimum absolute atomic E-state index is 0.313. The average Bonchev–Trinajstić information content (AvgIpc) is 3.28. The van der Waals surface area contributed by atoms with Gasteiger partial charge in [0.15, 0.2) is 0 Å². The lowest BCUT2D eigenvalue weighted by Crippen LogP contribution is -2.64. The van der Waals surface area contributed by atoms with Crippen molar-refractivity contribution in [2.24, 2.45) is 5.92 Å². The molecule has 1 aromatic carbocycles. The second kappa shape index (κ2) is 6.27. The quantitative estimate of drug-likeness (QED) is 0.879. The fraction of sp³-hybridized carbons (Fsp3) is 0.647. The van der Waals surface area contributed by atoms with Gasteiger partial charge in [-0.3, -0.25) is 4.90 Å². The van der Waals surface area contributed by atoms with Crippen LogP contribution < -0.4 is 10.1 Å².